The molecule has 1 saturated carbocycles. The Labute approximate surface area is 146 Å². The molecular formula is C19H23FN2OS. The van der Waals surface area contributed by atoms with Gasteiger partial charge in [-0.05, 0) is 43.5 Å². The van der Waals surface area contributed by atoms with Crippen molar-refractivity contribution in [2.75, 3.05) is 12.3 Å². The van der Waals surface area contributed by atoms with Crippen molar-refractivity contribution < 1.29 is 9.18 Å². The highest BCUT2D eigenvalue weighted by molar-refractivity contribution is 8.00. The fourth-order valence-electron chi connectivity index (χ4n) is 4.24. The first-order valence-corrected chi connectivity index (χ1v) is 9.86. The van der Waals surface area contributed by atoms with Gasteiger partial charge in [0, 0.05) is 40.2 Å². The van der Waals surface area contributed by atoms with Crippen LogP contribution in [0.2, 0.25) is 0 Å². The summed E-state index contributed by atoms with van der Waals surface area (Å²) in [4.78, 5) is 18.4. The zero-order chi connectivity index (χ0) is 16.7. The SMILES string of the molecule is Cc1[nH]c2ccc(F)cc2c1CC(=O)N1CCS[C@H]2CCCC[C@H]21. The van der Waals surface area contributed by atoms with Crippen molar-refractivity contribution in [3.63, 3.8) is 0 Å². The normalized spacial score (nSPS) is 24.2. The quantitative estimate of drug-likeness (QED) is 0.891. The Morgan fingerprint density at radius 3 is 3.08 bits per heavy atom. The Hall–Kier alpha value is -1.49. The first-order chi connectivity index (χ1) is 11.6. The van der Waals surface area contributed by atoms with Gasteiger partial charge in [0.05, 0.1) is 6.42 Å². The van der Waals surface area contributed by atoms with Crippen LogP contribution >= 0.6 is 11.8 Å². The van der Waals surface area contributed by atoms with Crippen molar-refractivity contribution >= 4 is 28.6 Å². The van der Waals surface area contributed by atoms with Crippen LogP contribution in [0.25, 0.3) is 10.9 Å². The highest BCUT2D eigenvalue weighted by atomic mass is 32.2. The fraction of sp³-hybridized carbons (Fsp3) is 0.526. The number of aromatic amines is 1. The Kier molecular flexibility index (Phi) is 4.29. The first-order valence-electron chi connectivity index (χ1n) is 8.81. The molecule has 1 N–H and O–H groups in total. The third-order valence-corrected chi connectivity index (χ3v) is 6.86. The molecule has 0 spiro atoms. The van der Waals surface area contributed by atoms with E-state index in [1.165, 1.54) is 31.4 Å². The number of thioether (sulfide) groups is 1. The van der Waals surface area contributed by atoms with E-state index < -0.39 is 0 Å². The van der Waals surface area contributed by atoms with Crippen molar-refractivity contribution in [3.05, 3.63) is 35.3 Å². The molecule has 0 unspecified atom stereocenters. The summed E-state index contributed by atoms with van der Waals surface area (Å²) < 4.78 is 13.6. The molecule has 2 atom stereocenters. The molecule has 128 valence electrons. The third kappa shape index (κ3) is 2.83. The van der Waals surface area contributed by atoms with E-state index in [9.17, 15) is 9.18 Å². The van der Waals surface area contributed by atoms with Crippen LogP contribution in [0.3, 0.4) is 0 Å². The Bertz CT molecular complexity index is 770. The van der Waals surface area contributed by atoms with Gasteiger partial charge < -0.3 is 9.88 Å². The van der Waals surface area contributed by atoms with E-state index in [0.29, 0.717) is 17.7 Å². The zero-order valence-corrected chi connectivity index (χ0v) is 14.8. The highest BCUT2D eigenvalue weighted by Gasteiger charge is 2.36. The van der Waals surface area contributed by atoms with Crippen LogP contribution in [0.15, 0.2) is 18.2 Å². The maximum Gasteiger partial charge on any atom is 0.227 e. The van der Waals surface area contributed by atoms with Gasteiger partial charge in [-0.3, -0.25) is 4.79 Å². The molecule has 0 radical (unpaired) electrons. The smallest absolute Gasteiger partial charge is 0.227 e. The highest BCUT2D eigenvalue weighted by Crippen LogP contribution is 2.36. The van der Waals surface area contributed by atoms with Gasteiger partial charge in [0.15, 0.2) is 0 Å². The van der Waals surface area contributed by atoms with Gasteiger partial charge in [-0.2, -0.15) is 11.8 Å². The minimum absolute atomic E-state index is 0.195. The largest absolute Gasteiger partial charge is 0.358 e. The minimum atomic E-state index is -0.253. The molecule has 1 aliphatic heterocycles. The van der Waals surface area contributed by atoms with Crippen molar-refractivity contribution in [2.45, 2.75) is 50.3 Å². The van der Waals surface area contributed by atoms with Crippen LogP contribution in [-0.2, 0) is 11.2 Å². The molecule has 3 nitrogen and oxygen atoms in total. The number of nitrogens with zero attached hydrogens (tertiary/aromatic N) is 1. The zero-order valence-electron chi connectivity index (χ0n) is 14.0. The van der Waals surface area contributed by atoms with Gasteiger partial charge in [0.2, 0.25) is 5.91 Å². The number of halogens is 1. The lowest BCUT2D eigenvalue weighted by Gasteiger charge is -2.43. The maximum atomic E-state index is 13.6. The van der Waals surface area contributed by atoms with E-state index in [2.05, 4.69) is 9.88 Å². The predicted molar refractivity (Wildman–Crippen MR) is 96.9 cm³/mol. The minimum Gasteiger partial charge on any atom is -0.358 e. The van der Waals surface area contributed by atoms with E-state index in [-0.39, 0.29) is 11.7 Å². The summed E-state index contributed by atoms with van der Waals surface area (Å²) in [7, 11) is 0. The lowest BCUT2D eigenvalue weighted by atomic mass is 9.92. The molecular weight excluding hydrogens is 323 g/mol. The van der Waals surface area contributed by atoms with Crippen molar-refractivity contribution in [1.82, 2.24) is 9.88 Å². The summed E-state index contributed by atoms with van der Waals surface area (Å²) in [5.74, 6) is 0.978. The fourth-order valence-corrected chi connectivity index (χ4v) is 5.68. The van der Waals surface area contributed by atoms with Crippen LogP contribution in [0.5, 0.6) is 0 Å². The summed E-state index contributed by atoms with van der Waals surface area (Å²) in [6.07, 6.45) is 5.24. The van der Waals surface area contributed by atoms with E-state index in [1.54, 1.807) is 6.07 Å². The molecule has 24 heavy (non-hydrogen) atoms. The number of hydrogen-bond acceptors (Lipinski definition) is 2. The van der Waals surface area contributed by atoms with Crippen LogP contribution in [0.4, 0.5) is 4.39 Å². The van der Waals surface area contributed by atoms with Crippen molar-refractivity contribution in [2.24, 2.45) is 0 Å². The van der Waals surface area contributed by atoms with E-state index >= 15 is 0 Å². The monoisotopic (exact) mass is 346 g/mol. The number of fused-ring (bicyclic) bond motifs is 2. The summed E-state index contributed by atoms with van der Waals surface area (Å²) in [5, 5.41) is 1.45. The number of hydrogen-bond donors (Lipinski definition) is 1. The van der Waals surface area contributed by atoms with Crippen molar-refractivity contribution in [3.8, 4) is 0 Å². The second-order valence-corrected chi connectivity index (χ2v) is 8.29. The topological polar surface area (TPSA) is 36.1 Å². The number of benzene rings is 1. The Morgan fingerprint density at radius 2 is 2.21 bits per heavy atom. The van der Waals surface area contributed by atoms with Crippen LogP contribution < -0.4 is 0 Å². The Morgan fingerprint density at radius 1 is 1.38 bits per heavy atom. The molecule has 1 aromatic carbocycles. The number of H-pyrrole nitrogens is 1. The molecule has 2 aliphatic rings. The van der Waals surface area contributed by atoms with Gasteiger partial charge in [-0.1, -0.05) is 12.8 Å². The standard InChI is InChI=1S/C19H23FN2OS/c1-12-14(15-10-13(20)6-7-16(15)21-12)11-19(23)22-8-9-24-18-5-3-2-4-17(18)22/h6-7,10,17-18,21H,2-5,8-9,11H2,1H3/t17-,18+/m1/s1. The molecule has 1 aromatic heterocycles. The van der Waals surface area contributed by atoms with Crippen molar-refractivity contribution in [1.29, 1.82) is 0 Å². The molecule has 2 aromatic rings. The van der Waals surface area contributed by atoms with Crippen LogP contribution in [0, 0.1) is 12.7 Å². The van der Waals surface area contributed by atoms with Crippen LogP contribution in [-0.4, -0.2) is 39.4 Å². The molecule has 1 amide bonds. The van der Waals surface area contributed by atoms with Gasteiger partial charge in [-0.15, -0.1) is 0 Å². The molecule has 0 bridgehead atoms. The van der Waals surface area contributed by atoms with Gasteiger partial charge in [0.25, 0.3) is 0 Å². The summed E-state index contributed by atoms with van der Waals surface area (Å²) >= 11 is 2.03. The second kappa shape index (κ2) is 6.43. The van der Waals surface area contributed by atoms with E-state index in [0.717, 1.165) is 40.9 Å². The summed E-state index contributed by atoms with van der Waals surface area (Å²) in [6, 6.07) is 5.14. The van der Waals surface area contributed by atoms with E-state index in [1.807, 2.05) is 18.7 Å². The number of nitrogens with one attached hydrogen (secondary N) is 1. The van der Waals surface area contributed by atoms with E-state index in [4.69, 9.17) is 0 Å². The number of rotatable bonds is 2. The first kappa shape index (κ1) is 16.0. The molecule has 2 fully saturated rings. The lowest BCUT2D eigenvalue weighted by Crippen LogP contribution is -2.52. The summed E-state index contributed by atoms with van der Waals surface area (Å²) in [6.45, 7) is 2.82. The maximum absolute atomic E-state index is 13.6. The second-order valence-electron chi connectivity index (χ2n) is 6.94. The Balaban J connectivity index is 1.59. The number of aryl methyl sites for hydroxylation is 1. The molecule has 1 saturated heterocycles. The molecule has 2 heterocycles. The average Bonchev–Trinajstić information content (AvgIpc) is 2.89. The number of carbonyl (C=O) groups is 1. The predicted octanol–water partition coefficient (Wildman–Crippen LogP) is 4.04. The number of amides is 1. The average molecular weight is 346 g/mol. The molecule has 5 heteroatoms. The van der Waals surface area contributed by atoms with Gasteiger partial charge in [-0.25, -0.2) is 4.39 Å². The number of carbonyl (C=O) groups excluding carboxylic acids is 1. The summed E-state index contributed by atoms with van der Waals surface area (Å²) in [5.41, 5.74) is 2.82. The van der Waals surface area contributed by atoms with Crippen LogP contribution in [0.1, 0.15) is 36.9 Å². The van der Waals surface area contributed by atoms with Gasteiger partial charge in [0.1, 0.15) is 5.82 Å². The van der Waals surface area contributed by atoms with Gasteiger partial charge >= 0.3 is 0 Å². The third-order valence-electron chi connectivity index (χ3n) is 5.46. The number of aromatic nitrogens is 1. The molecule has 4 rings (SSSR count). The molecule has 1 aliphatic carbocycles. The lowest BCUT2D eigenvalue weighted by molar-refractivity contribution is -0.133.